The van der Waals surface area contributed by atoms with Crippen molar-refractivity contribution in [3.05, 3.63) is 0 Å². The molecule has 0 aromatic rings. The average molecular weight is 347 g/mol. The summed E-state index contributed by atoms with van der Waals surface area (Å²) < 4.78 is 65.1. The van der Waals surface area contributed by atoms with Crippen LogP contribution in [0.4, 0.5) is 13.2 Å². The van der Waals surface area contributed by atoms with Crippen LogP contribution in [0, 0.1) is 10.8 Å². The summed E-state index contributed by atoms with van der Waals surface area (Å²) in [7, 11) is -5.36. The molecule has 0 saturated carbocycles. The minimum atomic E-state index is -5.36. The van der Waals surface area contributed by atoms with Crippen LogP contribution in [0.3, 0.4) is 0 Å². The Balaban J connectivity index is 4.42. The van der Waals surface area contributed by atoms with Crippen molar-refractivity contribution in [1.82, 2.24) is 4.72 Å². The zero-order chi connectivity index (χ0) is 17.8. The Kier molecular flexibility index (Phi) is 6.89. The molecule has 0 saturated heterocycles. The molecular weight excluding hydrogens is 323 g/mol. The second kappa shape index (κ2) is 7.16. The SMILES string of the molecule is CCC(C)(C)C(=O)OCCC(C)(C)CNS(=O)(=O)C(F)(F)F. The van der Waals surface area contributed by atoms with Gasteiger partial charge in [0.25, 0.3) is 0 Å². The summed E-state index contributed by atoms with van der Waals surface area (Å²) in [6.07, 6.45) is 0.833. The molecule has 1 N–H and O–H groups in total. The van der Waals surface area contributed by atoms with Gasteiger partial charge in [-0.3, -0.25) is 4.79 Å². The molecule has 0 bridgehead atoms. The highest BCUT2D eigenvalue weighted by Crippen LogP contribution is 2.26. The van der Waals surface area contributed by atoms with Gasteiger partial charge in [-0.2, -0.15) is 13.2 Å². The highest BCUT2D eigenvalue weighted by Gasteiger charge is 2.46. The molecule has 0 aromatic carbocycles. The molecule has 0 radical (unpaired) electrons. The van der Waals surface area contributed by atoms with E-state index in [1.165, 1.54) is 4.72 Å². The first kappa shape index (κ1) is 21.2. The van der Waals surface area contributed by atoms with Crippen LogP contribution in [0.15, 0.2) is 0 Å². The third kappa shape index (κ3) is 6.51. The highest BCUT2D eigenvalue weighted by atomic mass is 32.2. The van der Waals surface area contributed by atoms with Gasteiger partial charge in [-0.05, 0) is 32.1 Å². The summed E-state index contributed by atoms with van der Waals surface area (Å²) in [5, 5.41) is 0. The lowest BCUT2D eigenvalue weighted by Crippen LogP contribution is -2.41. The van der Waals surface area contributed by atoms with Gasteiger partial charge in [-0.25, -0.2) is 13.1 Å². The number of nitrogens with one attached hydrogen (secondary N) is 1. The number of ether oxygens (including phenoxy) is 1. The minimum Gasteiger partial charge on any atom is -0.465 e. The summed E-state index contributed by atoms with van der Waals surface area (Å²) >= 11 is 0. The monoisotopic (exact) mass is 347 g/mol. The number of rotatable bonds is 8. The zero-order valence-electron chi connectivity index (χ0n) is 13.5. The van der Waals surface area contributed by atoms with Crippen LogP contribution in [-0.4, -0.2) is 33.0 Å². The molecule has 132 valence electrons. The van der Waals surface area contributed by atoms with Crippen molar-refractivity contribution in [1.29, 1.82) is 0 Å². The van der Waals surface area contributed by atoms with Crippen LogP contribution in [0.1, 0.15) is 47.5 Å². The lowest BCUT2D eigenvalue weighted by molar-refractivity contribution is -0.154. The summed E-state index contributed by atoms with van der Waals surface area (Å²) in [6.45, 7) is 8.11. The maximum absolute atomic E-state index is 12.2. The number of carbonyl (C=O) groups is 1. The molecule has 0 aliphatic heterocycles. The van der Waals surface area contributed by atoms with Crippen LogP contribution in [0.2, 0.25) is 0 Å². The first-order chi connectivity index (χ1) is 9.65. The number of esters is 1. The Morgan fingerprint density at radius 2 is 1.64 bits per heavy atom. The Labute approximate surface area is 129 Å². The van der Waals surface area contributed by atoms with Gasteiger partial charge in [0.1, 0.15) is 0 Å². The van der Waals surface area contributed by atoms with Gasteiger partial charge >= 0.3 is 21.5 Å². The standard InChI is InChI=1S/C13H24F3NO4S/c1-6-12(4,5)10(18)21-8-7-11(2,3)9-17-22(19,20)13(14,15)16/h17H,6-9H2,1-5H3. The number of halogens is 3. The number of carbonyl (C=O) groups excluding carboxylic acids is 1. The quantitative estimate of drug-likeness (QED) is 0.685. The Morgan fingerprint density at radius 3 is 2.05 bits per heavy atom. The third-order valence-electron chi connectivity index (χ3n) is 3.49. The molecule has 0 aromatic heterocycles. The van der Waals surface area contributed by atoms with Gasteiger partial charge in [0, 0.05) is 6.54 Å². The first-order valence-electron chi connectivity index (χ1n) is 6.88. The molecule has 0 aliphatic rings. The maximum atomic E-state index is 12.2. The Hall–Kier alpha value is -0.830. The van der Waals surface area contributed by atoms with Crippen LogP contribution in [0.25, 0.3) is 0 Å². The van der Waals surface area contributed by atoms with Gasteiger partial charge in [-0.1, -0.05) is 20.8 Å². The molecule has 0 fully saturated rings. The van der Waals surface area contributed by atoms with Crippen LogP contribution >= 0.6 is 0 Å². The smallest absolute Gasteiger partial charge is 0.465 e. The fourth-order valence-electron chi connectivity index (χ4n) is 1.22. The molecule has 0 spiro atoms. The zero-order valence-corrected chi connectivity index (χ0v) is 14.3. The van der Waals surface area contributed by atoms with Crippen molar-refractivity contribution in [2.45, 2.75) is 53.0 Å². The van der Waals surface area contributed by atoms with Gasteiger partial charge in [0.2, 0.25) is 0 Å². The van der Waals surface area contributed by atoms with Crippen LogP contribution in [0.5, 0.6) is 0 Å². The van der Waals surface area contributed by atoms with Gasteiger partial charge in [-0.15, -0.1) is 0 Å². The molecule has 5 nitrogen and oxygen atoms in total. The molecule has 22 heavy (non-hydrogen) atoms. The van der Waals surface area contributed by atoms with E-state index < -0.39 is 32.9 Å². The number of alkyl halides is 3. The van der Waals surface area contributed by atoms with Crippen molar-refractivity contribution in [2.24, 2.45) is 10.8 Å². The predicted molar refractivity (Wildman–Crippen MR) is 76.4 cm³/mol. The Morgan fingerprint density at radius 1 is 1.14 bits per heavy atom. The van der Waals surface area contributed by atoms with Crippen LogP contribution in [-0.2, 0) is 19.6 Å². The molecule has 0 aliphatic carbocycles. The van der Waals surface area contributed by atoms with Crippen molar-refractivity contribution < 1.29 is 31.1 Å². The van der Waals surface area contributed by atoms with Gasteiger partial charge in [0.05, 0.1) is 12.0 Å². The van der Waals surface area contributed by atoms with Gasteiger partial charge < -0.3 is 4.74 Å². The summed E-state index contributed by atoms with van der Waals surface area (Å²) in [4.78, 5) is 11.7. The van der Waals surface area contributed by atoms with E-state index in [1.54, 1.807) is 27.7 Å². The van der Waals surface area contributed by atoms with E-state index in [0.29, 0.717) is 6.42 Å². The number of hydrogen-bond acceptors (Lipinski definition) is 4. The summed E-state index contributed by atoms with van der Waals surface area (Å²) in [5.74, 6) is -0.387. The average Bonchev–Trinajstić information content (AvgIpc) is 2.35. The lowest BCUT2D eigenvalue weighted by Gasteiger charge is -2.26. The fraction of sp³-hybridized carbons (Fsp3) is 0.923. The Bertz CT molecular complexity index is 484. The van der Waals surface area contributed by atoms with Gasteiger partial charge in [0.15, 0.2) is 0 Å². The summed E-state index contributed by atoms with van der Waals surface area (Å²) in [6, 6.07) is 0. The molecule has 0 heterocycles. The van der Waals surface area contributed by atoms with E-state index in [-0.39, 0.29) is 19.0 Å². The first-order valence-corrected chi connectivity index (χ1v) is 8.36. The topological polar surface area (TPSA) is 72.5 Å². The largest absolute Gasteiger partial charge is 0.511 e. The summed E-state index contributed by atoms with van der Waals surface area (Å²) in [5.41, 5.74) is -6.74. The number of hydrogen-bond donors (Lipinski definition) is 1. The van der Waals surface area contributed by atoms with E-state index in [0.717, 1.165) is 0 Å². The van der Waals surface area contributed by atoms with E-state index in [1.807, 2.05) is 6.92 Å². The molecular formula is C13H24F3NO4S. The van der Waals surface area contributed by atoms with E-state index in [4.69, 9.17) is 4.74 Å². The van der Waals surface area contributed by atoms with E-state index >= 15 is 0 Å². The van der Waals surface area contributed by atoms with Crippen molar-refractivity contribution in [2.75, 3.05) is 13.2 Å². The lowest BCUT2D eigenvalue weighted by atomic mass is 9.89. The van der Waals surface area contributed by atoms with E-state index in [9.17, 15) is 26.4 Å². The van der Waals surface area contributed by atoms with E-state index in [2.05, 4.69) is 0 Å². The highest BCUT2D eigenvalue weighted by molar-refractivity contribution is 7.90. The minimum absolute atomic E-state index is 0.0169. The maximum Gasteiger partial charge on any atom is 0.511 e. The molecule has 0 amide bonds. The molecule has 0 atom stereocenters. The van der Waals surface area contributed by atoms with Crippen molar-refractivity contribution in [3.63, 3.8) is 0 Å². The molecule has 9 heteroatoms. The third-order valence-corrected chi connectivity index (χ3v) is 4.63. The van der Waals surface area contributed by atoms with Crippen molar-refractivity contribution in [3.8, 4) is 0 Å². The second-order valence-electron chi connectivity index (χ2n) is 6.56. The normalized spacial score (nSPS) is 14.0. The fourth-order valence-corrected chi connectivity index (χ4v) is 1.96. The predicted octanol–water partition coefficient (Wildman–Crippen LogP) is 2.82. The van der Waals surface area contributed by atoms with Crippen molar-refractivity contribution >= 4 is 16.0 Å². The number of sulfonamides is 1. The van der Waals surface area contributed by atoms with Crippen LogP contribution < -0.4 is 4.72 Å². The molecule has 0 rings (SSSR count). The molecule has 0 unspecified atom stereocenters. The second-order valence-corrected chi connectivity index (χ2v) is 8.32.